The second kappa shape index (κ2) is 7.62. The lowest BCUT2D eigenvalue weighted by molar-refractivity contribution is 0.138. The van der Waals surface area contributed by atoms with Crippen LogP contribution in [-0.2, 0) is 4.74 Å². The first-order valence-electron chi connectivity index (χ1n) is 6.81. The number of benzene rings is 1. The molecule has 0 spiro atoms. The molecule has 0 radical (unpaired) electrons. The number of nitrogens with one attached hydrogen (secondary N) is 1. The highest BCUT2D eigenvalue weighted by Gasteiger charge is 2.10. The molecule has 108 valence electrons. The number of rotatable bonds is 8. The van der Waals surface area contributed by atoms with Crippen LogP contribution in [0.1, 0.15) is 25.1 Å². The minimum atomic E-state index is 0.171. The highest BCUT2D eigenvalue weighted by Crippen LogP contribution is 2.26. The maximum atomic E-state index is 5.84. The molecule has 1 atom stereocenters. The number of hydrogen-bond donors (Lipinski definition) is 1. The Morgan fingerprint density at radius 3 is 3.05 bits per heavy atom. The van der Waals surface area contributed by atoms with Crippen LogP contribution < -0.4 is 5.32 Å². The van der Waals surface area contributed by atoms with Crippen molar-refractivity contribution >= 4 is 26.9 Å². The van der Waals surface area contributed by atoms with E-state index in [1.807, 2.05) is 18.2 Å². The molecule has 1 heterocycles. The molecular weight excluding hydrogens is 318 g/mol. The van der Waals surface area contributed by atoms with E-state index in [9.17, 15) is 0 Å². The first-order chi connectivity index (χ1) is 9.70. The van der Waals surface area contributed by atoms with Crippen molar-refractivity contribution in [2.24, 2.45) is 0 Å². The number of halogens is 1. The second-order valence-corrected chi connectivity index (χ2v) is 5.61. The molecule has 1 unspecified atom stereocenters. The van der Waals surface area contributed by atoms with Gasteiger partial charge in [-0.1, -0.05) is 22.0 Å². The summed E-state index contributed by atoms with van der Waals surface area (Å²) in [4.78, 5) is 0. The maximum absolute atomic E-state index is 5.84. The number of hydrogen-bond acceptors (Lipinski definition) is 3. The molecule has 2 rings (SSSR count). The Morgan fingerprint density at radius 1 is 1.40 bits per heavy atom. The molecule has 2 aromatic rings. The zero-order valence-electron chi connectivity index (χ0n) is 11.7. The van der Waals surface area contributed by atoms with Gasteiger partial charge in [0.05, 0.1) is 19.3 Å². The van der Waals surface area contributed by atoms with Crippen molar-refractivity contribution < 1.29 is 9.15 Å². The summed E-state index contributed by atoms with van der Waals surface area (Å²) in [5, 5.41) is 4.51. The van der Waals surface area contributed by atoms with E-state index < -0.39 is 0 Å². The molecule has 4 heteroatoms. The molecule has 3 nitrogen and oxygen atoms in total. The summed E-state index contributed by atoms with van der Waals surface area (Å²) >= 11 is 3.47. The fourth-order valence-corrected chi connectivity index (χ4v) is 2.34. The molecular formula is C16H20BrNO2. The van der Waals surface area contributed by atoms with E-state index in [0.717, 1.165) is 40.8 Å². The first-order valence-corrected chi connectivity index (χ1v) is 7.61. The van der Waals surface area contributed by atoms with Crippen LogP contribution in [0.2, 0.25) is 0 Å². The predicted octanol–water partition coefficient (Wildman–Crippen LogP) is 4.44. The Kier molecular flexibility index (Phi) is 5.83. The van der Waals surface area contributed by atoms with Gasteiger partial charge >= 0.3 is 0 Å². The number of furan rings is 1. The summed E-state index contributed by atoms with van der Waals surface area (Å²) in [6.07, 6.45) is 2.76. The molecule has 0 fully saturated rings. The van der Waals surface area contributed by atoms with Crippen LogP contribution in [0, 0.1) is 0 Å². The standard InChI is InChI=1S/C16H20BrNO2/c1-3-4-8-19-9-7-18-12(2)16-11-13-10-14(17)5-6-15(13)20-16/h3,5-6,10-12,18H,1,4,7-9H2,2H3. The first kappa shape index (κ1) is 15.3. The fourth-order valence-electron chi connectivity index (χ4n) is 1.97. The van der Waals surface area contributed by atoms with Gasteiger partial charge in [-0.3, -0.25) is 0 Å². The van der Waals surface area contributed by atoms with Crippen LogP contribution in [0.15, 0.2) is 45.8 Å². The average Bonchev–Trinajstić information content (AvgIpc) is 2.85. The molecule has 0 amide bonds. The van der Waals surface area contributed by atoms with E-state index in [4.69, 9.17) is 9.15 Å². The molecule has 1 aromatic carbocycles. The molecule has 0 saturated carbocycles. The Balaban J connectivity index is 1.84. The van der Waals surface area contributed by atoms with Gasteiger partial charge in [-0.05, 0) is 37.6 Å². The van der Waals surface area contributed by atoms with Crippen molar-refractivity contribution in [3.8, 4) is 0 Å². The zero-order chi connectivity index (χ0) is 14.4. The summed E-state index contributed by atoms with van der Waals surface area (Å²) in [5.41, 5.74) is 0.916. The second-order valence-electron chi connectivity index (χ2n) is 4.70. The third-order valence-corrected chi connectivity index (χ3v) is 3.58. The topological polar surface area (TPSA) is 34.4 Å². The number of ether oxygens (including phenoxy) is 1. The summed E-state index contributed by atoms with van der Waals surface area (Å²) in [7, 11) is 0. The number of fused-ring (bicyclic) bond motifs is 1. The highest BCUT2D eigenvalue weighted by atomic mass is 79.9. The minimum absolute atomic E-state index is 0.171. The fraction of sp³-hybridized carbons (Fsp3) is 0.375. The van der Waals surface area contributed by atoms with E-state index in [1.165, 1.54) is 0 Å². The van der Waals surface area contributed by atoms with Crippen molar-refractivity contribution in [3.63, 3.8) is 0 Å². The molecule has 20 heavy (non-hydrogen) atoms. The lowest BCUT2D eigenvalue weighted by Gasteiger charge is -2.11. The van der Waals surface area contributed by atoms with E-state index in [0.29, 0.717) is 6.61 Å². The van der Waals surface area contributed by atoms with Gasteiger partial charge in [0.2, 0.25) is 0 Å². The zero-order valence-corrected chi connectivity index (χ0v) is 13.3. The van der Waals surface area contributed by atoms with Crippen molar-refractivity contribution in [2.45, 2.75) is 19.4 Å². The normalized spacial score (nSPS) is 12.7. The quantitative estimate of drug-likeness (QED) is 0.571. The third-order valence-electron chi connectivity index (χ3n) is 3.09. The van der Waals surface area contributed by atoms with Crippen molar-refractivity contribution in [3.05, 3.63) is 47.2 Å². The summed E-state index contributed by atoms with van der Waals surface area (Å²) < 4.78 is 12.4. The van der Waals surface area contributed by atoms with E-state index in [1.54, 1.807) is 0 Å². The lowest BCUT2D eigenvalue weighted by Crippen LogP contribution is -2.23. The van der Waals surface area contributed by atoms with E-state index in [2.05, 4.69) is 46.9 Å². The van der Waals surface area contributed by atoms with E-state index >= 15 is 0 Å². The van der Waals surface area contributed by atoms with Crippen LogP contribution in [-0.4, -0.2) is 19.8 Å². The van der Waals surface area contributed by atoms with Gasteiger partial charge in [-0.25, -0.2) is 0 Å². The van der Waals surface area contributed by atoms with Gasteiger partial charge in [-0.15, -0.1) is 6.58 Å². The average molecular weight is 338 g/mol. The van der Waals surface area contributed by atoms with E-state index in [-0.39, 0.29) is 6.04 Å². The summed E-state index contributed by atoms with van der Waals surface area (Å²) in [6, 6.07) is 8.28. The monoisotopic (exact) mass is 337 g/mol. The van der Waals surface area contributed by atoms with Crippen molar-refractivity contribution in [2.75, 3.05) is 19.8 Å². The van der Waals surface area contributed by atoms with Crippen LogP contribution in [0.4, 0.5) is 0 Å². The minimum Gasteiger partial charge on any atom is -0.459 e. The van der Waals surface area contributed by atoms with Crippen LogP contribution >= 0.6 is 15.9 Å². The molecule has 1 aromatic heterocycles. The Morgan fingerprint density at radius 2 is 2.25 bits per heavy atom. The molecule has 0 bridgehead atoms. The molecule has 0 aliphatic carbocycles. The maximum Gasteiger partial charge on any atom is 0.134 e. The van der Waals surface area contributed by atoms with Gasteiger partial charge in [0.1, 0.15) is 11.3 Å². The summed E-state index contributed by atoms with van der Waals surface area (Å²) in [6.45, 7) is 7.99. The molecule has 1 N–H and O–H groups in total. The molecule has 0 aliphatic rings. The smallest absolute Gasteiger partial charge is 0.134 e. The van der Waals surface area contributed by atoms with Gasteiger partial charge in [0.25, 0.3) is 0 Å². The van der Waals surface area contributed by atoms with Gasteiger partial charge in [0, 0.05) is 16.4 Å². The Labute approximate surface area is 128 Å². The van der Waals surface area contributed by atoms with Crippen LogP contribution in [0.5, 0.6) is 0 Å². The summed E-state index contributed by atoms with van der Waals surface area (Å²) in [5.74, 6) is 0.948. The molecule has 0 aliphatic heterocycles. The Bertz CT molecular complexity index is 565. The van der Waals surface area contributed by atoms with Gasteiger partial charge in [-0.2, -0.15) is 0 Å². The highest BCUT2D eigenvalue weighted by molar-refractivity contribution is 9.10. The SMILES string of the molecule is C=CCCOCCNC(C)c1cc2cc(Br)ccc2o1. The predicted molar refractivity (Wildman–Crippen MR) is 86.0 cm³/mol. The molecule has 0 saturated heterocycles. The van der Waals surface area contributed by atoms with Crippen LogP contribution in [0.25, 0.3) is 11.0 Å². The van der Waals surface area contributed by atoms with Gasteiger partial charge < -0.3 is 14.5 Å². The largest absolute Gasteiger partial charge is 0.459 e. The lowest BCUT2D eigenvalue weighted by atomic mass is 10.2. The van der Waals surface area contributed by atoms with Crippen molar-refractivity contribution in [1.29, 1.82) is 0 Å². The third kappa shape index (κ3) is 4.20. The Hall–Kier alpha value is -1.10. The van der Waals surface area contributed by atoms with Crippen LogP contribution in [0.3, 0.4) is 0 Å². The van der Waals surface area contributed by atoms with Crippen molar-refractivity contribution in [1.82, 2.24) is 5.32 Å². The van der Waals surface area contributed by atoms with Gasteiger partial charge in [0.15, 0.2) is 0 Å².